The van der Waals surface area contributed by atoms with E-state index in [4.69, 9.17) is 4.42 Å². The molecular formula is C52H42CuF6N2OP3+2. The van der Waals surface area contributed by atoms with E-state index in [0.29, 0.717) is 5.89 Å². The van der Waals surface area contributed by atoms with Crippen LogP contribution in [0, 0.1) is 0 Å². The summed E-state index contributed by atoms with van der Waals surface area (Å²) < 4.78 is 64.9. The molecule has 0 spiro atoms. The van der Waals surface area contributed by atoms with Gasteiger partial charge >= 0.3 is 50.1 Å². The first-order chi connectivity index (χ1) is 30.7. The molecule has 0 atom stereocenters. The number of para-hydroxylation sites is 3. The Bertz CT molecular complexity index is 2650. The molecule has 10 rings (SSSR count). The van der Waals surface area contributed by atoms with Crippen molar-refractivity contribution >= 4 is 77.5 Å². The summed E-state index contributed by atoms with van der Waals surface area (Å²) in [7, 11) is -12.4. The SMILES string of the molecule is F[P-](F)(F)(F)(F)F.[Cu+].c1ccc([PH+](c2ccccc2)c2ccccc2)cc1.c1ccc([PH+](c2ccccc2)c2ccccc2)cc1.c1ccc2nc(-c3nc4ccccc4o3)ccc2c1. The average Bonchev–Trinajstić information content (AvgIpc) is 3.76. The van der Waals surface area contributed by atoms with Crippen molar-refractivity contribution in [3.05, 3.63) is 243 Å². The van der Waals surface area contributed by atoms with Gasteiger partial charge < -0.3 is 4.42 Å². The Hall–Kier alpha value is -5.97. The molecule has 332 valence electrons. The summed E-state index contributed by atoms with van der Waals surface area (Å²) in [6.45, 7) is 0. The van der Waals surface area contributed by atoms with E-state index in [2.05, 4.69) is 192 Å². The Kier molecular flexibility index (Phi) is 15.9. The number of halogens is 6. The predicted molar refractivity (Wildman–Crippen MR) is 261 cm³/mol. The van der Waals surface area contributed by atoms with Crippen molar-refractivity contribution in [1.29, 1.82) is 0 Å². The number of hydrogen-bond donors (Lipinski definition) is 0. The van der Waals surface area contributed by atoms with Crippen LogP contribution < -0.4 is 31.8 Å². The van der Waals surface area contributed by atoms with Crippen LogP contribution >= 0.6 is 23.7 Å². The van der Waals surface area contributed by atoms with Crippen molar-refractivity contribution < 1.29 is 46.7 Å². The van der Waals surface area contributed by atoms with Crippen molar-refractivity contribution in [1.82, 2.24) is 9.97 Å². The van der Waals surface area contributed by atoms with Gasteiger partial charge in [0.15, 0.2) is 5.58 Å². The number of aromatic nitrogens is 2. The number of fused-ring (bicyclic) bond motifs is 2. The van der Waals surface area contributed by atoms with E-state index in [9.17, 15) is 25.2 Å². The van der Waals surface area contributed by atoms with Gasteiger partial charge in [-0.2, -0.15) is 0 Å². The fourth-order valence-corrected chi connectivity index (χ4v) is 12.0. The molecule has 0 bridgehead atoms. The van der Waals surface area contributed by atoms with Crippen LogP contribution in [0.25, 0.3) is 33.6 Å². The molecule has 0 radical (unpaired) electrons. The van der Waals surface area contributed by atoms with E-state index in [1.165, 1.54) is 31.8 Å². The number of hydrogen-bond acceptors (Lipinski definition) is 3. The Morgan fingerprint density at radius 2 is 0.615 bits per heavy atom. The Balaban J connectivity index is 0.000000149. The van der Waals surface area contributed by atoms with Gasteiger partial charge in [-0.1, -0.05) is 146 Å². The van der Waals surface area contributed by atoms with Gasteiger partial charge in [-0.3, -0.25) is 0 Å². The topological polar surface area (TPSA) is 38.9 Å². The summed E-state index contributed by atoms with van der Waals surface area (Å²) in [5.74, 6) is 0.562. The molecule has 2 heterocycles. The van der Waals surface area contributed by atoms with Crippen LogP contribution in [0.4, 0.5) is 25.2 Å². The molecule has 8 aromatic carbocycles. The molecule has 0 saturated heterocycles. The molecule has 0 saturated carbocycles. The monoisotopic (exact) mass is 980 g/mol. The third-order valence-corrected chi connectivity index (χ3v) is 15.0. The molecule has 0 N–H and O–H groups in total. The van der Waals surface area contributed by atoms with Crippen molar-refractivity contribution in [2.24, 2.45) is 0 Å². The van der Waals surface area contributed by atoms with Crippen molar-refractivity contribution in [2.45, 2.75) is 0 Å². The quantitative estimate of drug-likeness (QED) is 0.0907. The number of benzene rings is 8. The minimum absolute atomic E-state index is 0. The Labute approximate surface area is 386 Å². The zero-order valence-corrected chi connectivity index (χ0v) is 38.2. The maximum atomic E-state index is 9.87. The van der Waals surface area contributed by atoms with Crippen LogP contribution in [0.1, 0.15) is 0 Å². The van der Waals surface area contributed by atoms with Crippen molar-refractivity contribution in [2.75, 3.05) is 0 Å². The van der Waals surface area contributed by atoms with E-state index < -0.39 is 23.7 Å². The zero-order valence-electron chi connectivity index (χ0n) is 34.4. The first-order valence-electron chi connectivity index (χ1n) is 20.1. The van der Waals surface area contributed by atoms with Gasteiger partial charge in [-0.15, -0.1) is 0 Å². The summed E-state index contributed by atoms with van der Waals surface area (Å²) in [6.07, 6.45) is 0. The molecule has 0 amide bonds. The second kappa shape index (κ2) is 21.3. The van der Waals surface area contributed by atoms with Crippen molar-refractivity contribution in [3.8, 4) is 11.6 Å². The van der Waals surface area contributed by atoms with Crippen LogP contribution in [0.2, 0.25) is 0 Å². The number of nitrogens with zero attached hydrogens (tertiary/aromatic N) is 2. The standard InChI is InChI=1S/2C18H15P.C16H10N2O.Cu.F6P/c2*1-4-10-16(11-5-1)19(17-12-6-2-7-13-17)18-14-8-3-9-15-18;1-2-6-12-11(5-1)9-10-14(17-12)16-18-13-7-3-4-8-15(13)19-16;;1-7(2,3,4,5)6/h2*1-15H;1-10H;;/q;;;+1;-1/p+2. The van der Waals surface area contributed by atoms with Gasteiger partial charge in [-0.05, 0) is 97.1 Å². The van der Waals surface area contributed by atoms with Crippen LogP contribution in [0.15, 0.2) is 247 Å². The average molecular weight is 981 g/mol. The predicted octanol–water partition coefficient (Wildman–Crippen LogP) is 13.8. The maximum absolute atomic E-state index is 10.7. The minimum Gasteiger partial charge on any atom is -0.435 e. The fourth-order valence-electron chi connectivity index (χ4n) is 6.80. The molecule has 10 aromatic rings. The summed E-state index contributed by atoms with van der Waals surface area (Å²) in [5, 5.41) is 9.72. The van der Waals surface area contributed by atoms with Crippen LogP contribution in [-0.2, 0) is 17.1 Å². The van der Waals surface area contributed by atoms with E-state index >= 15 is 0 Å². The number of oxazole rings is 1. The number of rotatable bonds is 7. The largest absolute Gasteiger partial charge is 1.00 e. The van der Waals surface area contributed by atoms with E-state index in [-0.39, 0.29) is 17.1 Å². The molecule has 3 nitrogen and oxygen atoms in total. The molecular weight excluding hydrogens is 939 g/mol. The molecule has 0 unspecified atom stereocenters. The van der Waals surface area contributed by atoms with Gasteiger partial charge in [0.05, 0.1) is 21.4 Å². The fraction of sp³-hybridized carbons (Fsp3) is 0. The third kappa shape index (κ3) is 15.3. The molecule has 0 fully saturated rings. The summed E-state index contributed by atoms with van der Waals surface area (Å²) in [6, 6.07) is 84.7. The second-order valence-electron chi connectivity index (χ2n) is 14.3. The first-order valence-corrected chi connectivity index (χ1v) is 25.1. The van der Waals surface area contributed by atoms with Gasteiger partial charge in [0.2, 0.25) is 5.89 Å². The van der Waals surface area contributed by atoms with Gasteiger partial charge in [-0.25, -0.2) is 9.97 Å². The molecule has 0 aliphatic rings. The molecule has 2 aromatic heterocycles. The minimum atomic E-state index is -10.7. The van der Waals surface area contributed by atoms with E-state index in [1.54, 1.807) is 0 Å². The van der Waals surface area contributed by atoms with Gasteiger partial charge in [0.25, 0.3) is 0 Å². The summed E-state index contributed by atoms with van der Waals surface area (Å²) >= 11 is 0. The Morgan fingerprint density at radius 3 is 0.954 bits per heavy atom. The molecule has 0 aliphatic heterocycles. The summed E-state index contributed by atoms with van der Waals surface area (Å²) in [4.78, 5) is 9.05. The van der Waals surface area contributed by atoms with Crippen LogP contribution in [-0.4, -0.2) is 9.97 Å². The Morgan fingerprint density at radius 1 is 0.323 bits per heavy atom. The summed E-state index contributed by atoms with van der Waals surface area (Å²) in [5.41, 5.74) is 3.34. The smallest absolute Gasteiger partial charge is 0.435 e. The molecule has 65 heavy (non-hydrogen) atoms. The van der Waals surface area contributed by atoms with Gasteiger partial charge in [0, 0.05) is 5.39 Å². The van der Waals surface area contributed by atoms with E-state index in [0.717, 1.165) is 27.7 Å². The van der Waals surface area contributed by atoms with E-state index in [1.807, 2.05) is 60.7 Å². The number of pyridine rings is 1. The zero-order chi connectivity index (χ0) is 44.9. The normalized spacial score (nSPS) is 11.9. The van der Waals surface area contributed by atoms with Gasteiger partial charge in [0.1, 0.15) is 43.0 Å². The van der Waals surface area contributed by atoms with Crippen LogP contribution in [0.3, 0.4) is 0 Å². The molecule has 13 heteroatoms. The van der Waals surface area contributed by atoms with Crippen molar-refractivity contribution in [3.63, 3.8) is 0 Å². The maximum Gasteiger partial charge on any atom is 1.00 e. The first kappa shape index (κ1) is 48.5. The van der Waals surface area contributed by atoms with Crippen LogP contribution in [0.5, 0.6) is 0 Å². The second-order valence-corrected chi connectivity index (χ2v) is 21.2. The third-order valence-electron chi connectivity index (χ3n) is 9.49. The molecule has 0 aliphatic carbocycles.